The van der Waals surface area contributed by atoms with E-state index in [4.69, 9.17) is 5.73 Å². The molecular formula is C12H20ClN3. The van der Waals surface area contributed by atoms with Crippen molar-refractivity contribution in [1.29, 1.82) is 0 Å². The molecule has 2 rings (SSSR count). The number of likely N-dealkylation sites (N-methyl/N-ethyl adjacent to an activating group) is 1. The molecule has 0 atom stereocenters. The average molecular weight is 242 g/mol. The van der Waals surface area contributed by atoms with Crippen LogP contribution >= 0.6 is 12.4 Å². The summed E-state index contributed by atoms with van der Waals surface area (Å²) >= 11 is 0. The Kier molecular flexibility index (Phi) is 4.71. The summed E-state index contributed by atoms with van der Waals surface area (Å²) in [5.74, 6) is 0. The Morgan fingerprint density at radius 2 is 2.19 bits per heavy atom. The quantitative estimate of drug-likeness (QED) is 0.875. The maximum Gasteiger partial charge on any atom is 0.0544 e. The van der Waals surface area contributed by atoms with Crippen molar-refractivity contribution in [1.82, 2.24) is 9.88 Å². The third kappa shape index (κ3) is 2.54. The molecule has 2 N–H and O–H groups in total. The molecule has 0 spiro atoms. The van der Waals surface area contributed by atoms with Gasteiger partial charge in [-0.2, -0.15) is 0 Å². The van der Waals surface area contributed by atoms with E-state index >= 15 is 0 Å². The number of nitrogens with two attached hydrogens (primary N) is 1. The van der Waals surface area contributed by atoms with Crippen LogP contribution in [0.1, 0.15) is 25.0 Å². The Labute approximate surface area is 103 Å². The third-order valence-corrected chi connectivity index (χ3v) is 3.60. The fourth-order valence-corrected chi connectivity index (χ4v) is 2.23. The number of aromatic nitrogens is 1. The lowest BCUT2D eigenvalue weighted by Gasteiger charge is -2.48. The van der Waals surface area contributed by atoms with Crippen LogP contribution in [0, 0.1) is 0 Å². The molecule has 1 aliphatic carbocycles. The molecule has 0 bridgehead atoms. The van der Waals surface area contributed by atoms with Gasteiger partial charge >= 0.3 is 0 Å². The summed E-state index contributed by atoms with van der Waals surface area (Å²) in [6, 6.07) is 6.05. The molecule has 0 radical (unpaired) electrons. The molecule has 1 fully saturated rings. The van der Waals surface area contributed by atoms with E-state index in [1.807, 2.05) is 18.3 Å². The summed E-state index contributed by atoms with van der Waals surface area (Å²) in [5, 5.41) is 0. The number of halogens is 1. The fraction of sp³-hybridized carbons (Fsp3) is 0.583. The zero-order valence-electron chi connectivity index (χ0n) is 9.72. The molecule has 0 aromatic carbocycles. The van der Waals surface area contributed by atoms with Crippen LogP contribution in [0.15, 0.2) is 24.4 Å². The van der Waals surface area contributed by atoms with Crippen LogP contribution in [0.2, 0.25) is 0 Å². The van der Waals surface area contributed by atoms with Gasteiger partial charge in [-0.25, -0.2) is 0 Å². The largest absolute Gasteiger partial charge is 0.329 e. The van der Waals surface area contributed by atoms with Gasteiger partial charge in [0, 0.05) is 24.8 Å². The third-order valence-electron chi connectivity index (χ3n) is 3.60. The normalized spacial score (nSPS) is 17.7. The lowest BCUT2D eigenvalue weighted by Crippen LogP contribution is -2.56. The zero-order valence-corrected chi connectivity index (χ0v) is 10.5. The highest BCUT2D eigenvalue weighted by Crippen LogP contribution is 2.36. The summed E-state index contributed by atoms with van der Waals surface area (Å²) in [5.41, 5.74) is 7.23. The summed E-state index contributed by atoms with van der Waals surface area (Å²) in [6.07, 6.45) is 5.61. The zero-order chi connectivity index (χ0) is 10.7. The van der Waals surface area contributed by atoms with Crippen LogP contribution in [0.3, 0.4) is 0 Å². The highest BCUT2D eigenvalue weighted by molar-refractivity contribution is 5.85. The average Bonchev–Trinajstić information content (AvgIpc) is 2.18. The maximum atomic E-state index is 5.86. The Balaban J connectivity index is 0.00000128. The lowest BCUT2D eigenvalue weighted by molar-refractivity contribution is 0.0389. The molecular weight excluding hydrogens is 222 g/mol. The summed E-state index contributed by atoms with van der Waals surface area (Å²) in [4.78, 5) is 6.70. The number of hydrogen-bond acceptors (Lipinski definition) is 3. The van der Waals surface area contributed by atoms with Gasteiger partial charge in [-0.1, -0.05) is 6.07 Å². The van der Waals surface area contributed by atoms with Gasteiger partial charge in [0.1, 0.15) is 0 Å². The summed E-state index contributed by atoms with van der Waals surface area (Å²) in [7, 11) is 2.15. The summed E-state index contributed by atoms with van der Waals surface area (Å²) in [6.45, 7) is 1.66. The van der Waals surface area contributed by atoms with Gasteiger partial charge in [0.05, 0.1) is 5.69 Å². The first-order chi connectivity index (χ1) is 7.27. The van der Waals surface area contributed by atoms with Crippen LogP contribution < -0.4 is 5.73 Å². The van der Waals surface area contributed by atoms with E-state index in [9.17, 15) is 0 Å². The van der Waals surface area contributed by atoms with Gasteiger partial charge in [-0.3, -0.25) is 9.88 Å². The van der Waals surface area contributed by atoms with Crippen molar-refractivity contribution in [3.8, 4) is 0 Å². The predicted molar refractivity (Wildman–Crippen MR) is 68.6 cm³/mol. The minimum absolute atomic E-state index is 0. The van der Waals surface area contributed by atoms with Crippen molar-refractivity contribution >= 4 is 12.4 Å². The molecule has 1 aromatic rings. The van der Waals surface area contributed by atoms with Crippen LogP contribution in [0.25, 0.3) is 0 Å². The minimum Gasteiger partial charge on any atom is -0.329 e. The highest BCUT2D eigenvalue weighted by atomic mass is 35.5. The molecule has 90 valence electrons. The molecule has 0 saturated heterocycles. The van der Waals surface area contributed by atoms with E-state index in [2.05, 4.69) is 23.0 Å². The first kappa shape index (κ1) is 13.4. The molecule has 1 heterocycles. The van der Waals surface area contributed by atoms with Crippen LogP contribution in [0.5, 0.6) is 0 Å². The molecule has 0 aliphatic heterocycles. The SMILES string of the molecule is CN(Cc1ccccn1)C1(CN)CCC1.Cl. The van der Waals surface area contributed by atoms with Gasteiger partial charge in [0.2, 0.25) is 0 Å². The van der Waals surface area contributed by atoms with Gasteiger partial charge in [-0.15, -0.1) is 12.4 Å². The number of pyridine rings is 1. The predicted octanol–water partition coefficient (Wildman–Crippen LogP) is 1.82. The molecule has 1 aromatic heterocycles. The Hall–Kier alpha value is -0.640. The van der Waals surface area contributed by atoms with E-state index in [-0.39, 0.29) is 17.9 Å². The molecule has 0 unspecified atom stereocenters. The minimum atomic E-state index is 0. The van der Waals surface area contributed by atoms with Crippen molar-refractivity contribution < 1.29 is 0 Å². The van der Waals surface area contributed by atoms with E-state index in [1.165, 1.54) is 19.3 Å². The number of nitrogens with zero attached hydrogens (tertiary/aromatic N) is 2. The second-order valence-electron chi connectivity index (χ2n) is 4.46. The lowest BCUT2D eigenvalue weighted by atomic mass is 9.75. The second kappa shape index (κ2) is 5.62. The maximum absolute atomic E-state index is 5.86. The first-order valence-electron chi connectivity index (χ1n) is 5.58. The van der Waals surface area contributed by atoms with Crippen molar-refractivity contribution in [3.63, 3.8) is 0 Å². The van der Waals surface area contributed by atoms with E-state index in [0.29, 0.717) is 0 Å². The van der Waals surface area contributed by atoms with Gasteiger partial charge in [-0.05, 0) is 38.4 Å². The Morgan fingerprint density at radius 1 is 1.44 bits per heavy atom. The standard InChI is InChI=1S/C12H19N3.ClH/c1-15(12(10-13)6-4-7-12)9-11-5-2-3-8-14-11;/h2-3,5,8H,4,6-7,9-10,13H2,1H3;1H. The van der Waals surface area contributed by atoms with E-state index in [0.717, 1.165) is 18.8 Å². The van der Waals surface area contributed by atoms with Crippen LogP contribution in [-0.4, -0.2) is 29.0 Å². The Bertz CT molecular complexity index is 306. The highest BCUT2D eigenvalue weighted by Gasteiger charge is 2.39. The number of rotatable bonds is 4. The molecule has 4 heteroatoms. The smallest absolute Gasteiger partial charge is 0.0544 e. The summed E-state index contributed by atoms with van der Waals surface area (Å²) < 4.78 is 0. The van der Waals surface area contributed by atoms with E-state index in [1.54, 1.807) is 0 Å². The molecule has 0 amide bonds. The van der Waals surface area contributed by atoms with Crippen LogP contribution in [-0.2, 0) is 6.54 Å². The van der Waals surface area contributed by atoms with Gasteiger partial charge < -0.3 is 5.73 Å². The Morgan fingerprint density at radius 3 is 2.62 bits per heavy atom. The molecule has 1 aliphatic rings. The molecule has 1 saturated carbocycles. The van der Waals surface area contributed by atoms with Crippen molar-refractivity contribution in [2.75, 3.05) is 13.6 Å². The molecule has 3 nitrogen and oxygen atoms in total. The van der Waals surface area contributed by atoms with Gasteiger partial charge in [0.25, 0.3) is 0 Å². The fourth-order valence-electron chi connectivity index (χ4n) is 2.23. The molecule has 16 heavy (non-hydrogen) atoms. The van der Waals surface area contributed by atoms with Gasteiger partial charge in [0.15, 0.2) is 0 Å². The van der Waals surface area contributed by atoms with Crippen LogP contribution in [0.4, 0.5) is 0 Å². The second-order valence-corrected chi connectivity index (χ2v) is 4.46. The van der Waals surface area contributed by atoms with Crippen molar-refractivity contribution in [3.05, 3.63) is 30.1 Å². The van der Waals surface area contributed by atoms with E-state index < -0.39 is 0 Å². The monoisotopic (exact) mass is 241 g/mol. The van der Waals surface area contributed by atoms with Crippen molar-refractivity contribution in [2.45, 2.75) is 31.3 Å². The number of hydrogen-bond donors (Lipinski definition) is 1. The topological polar surface area (TPSA) is 42.2 Å². The van der Waals surface area contributed by atoms with Crippen molar-refractivity contribution in [2.24, 2.45) is 5.73 Å². The first-order valence-corrected chi connectivity index (χ1v) is 5.58.